The van der Waals surface area contributed by atoms with E-state index in [4.69, 9.17) is 0 Å². The average Bonchev–Trinajstić information content (AvgIpc) is 3.08. The number of hydrogen-bond acceptors (Lipinski definition) is 5. The fraction of sp³-hybridized carbons (Fsp3) is 0.778. The Hall–Kier alpha value is -0.790. The number of aromatic nitrogens is 1. The SMILES string of the molecule is CN=C(NCc1ncc(C)s1)NCC1(N2CCSCC2)CCCCC1. The van der Waals surface area contributed by atoms with Crippen molar-refractivity contribution in [1.82, 2.24) is 20.5 Å². The molecule has 1 saturated carbocycles. The highest BCUT2D eigenvalue weighted by atomic mass is 32.2. The quantitative estimate of drug-likeness (QED) is 0.607. The Morgan fingerprint density at radius 2 is 2.00 bits per heavy atom. The molecule has 2 heterocycles. The van der Waals surface area contributed by atoms with Crippen LogP contribution in [-0.4, -0.2) is 59.6 Å². The van der Waals surface area contributed by atoms with Crippen LogP contribution in [0.5, 0.6) is 0 Å². The molecule has 1 aliphatic carbocycles. The minimum atomic E-state index is 0.314. The van der Waals surface area contributed by atoms with Crippen molar-refractivity contribution in [2.24, 2.45) is 4.99 Å². The summed E-state index contributed by atoms with van der Waals surface area (Å²) in [5, 5.41) is 8.16. The van der Waals surface area contributed by atoms with Crippen LogP contribution in [0.2, 0.25) is 0 Å². The molecule has 140 valence electrons. The molecule has 0 bridgehead atoms. The van der Waals surface area contributed by atoms with E-state index >= 15 is 0 Å². The van der Waals surface area contributed by atoms with E-state index in [1.165, 1.54) is 61.6 Å². The van der Waals surface area contributed by atoms with Gasteiger partial charge in [-0.05, 0) is 19.8 Å². The summed E-state index contributed by atoms with van der Waals surface area (Å²) < 4.78 is 0. The minimum Gasteiger partial charge on any atom is -0.355 e. The van der Waals surface area contributed by atoms with E-state index in [0.29, 0.717) is 5.54 Å². The Morgan fingerprint density at radius 1 is 1.24 bits per heavy atom. The predicted molar refractivity (Wildman–Crippen MR) is 110 cm³/mol. The Kier molecular flexibility index (Phi) is 7.01. The zero-order valence-electron chi connectivity index (χ0n) is 15.5. The number of thiazole rings is 1. The molecule has 0 aromatic carbocycles. The van der Waals surface area contributed by atoms with Crippen LogP contribution < -0.4 is 10.6 Å². The van der Waals surface area contributed by atoms with Gasteiger partial charge in [0.25, 0.3) is 0 Å². The summed E-state index contributed by atoms with van der Waals surface area (Å²) in [4.78, 5) is 12.9. The van der Waals surface area contributed by atoms with Crippen LogP contribution in [-0.2, 0) is 6.54 Å². The number of rotatable bonds is 5. The van der Waals surface area contributed by atoms with Crippen molar-refractivity contribution >= 4 is 29.1 Å². The van der Waals surface area contributed by atoms with Gasteiger partial charge in [-0.15, -0.1) is 11.3 Å². The molecule has 3 rings (SSSR count). The third kappa shape index (κ3) is 5.11. The largest absolute Gasteiger partial charge is 0.355 e. The Labute approximate surface area is 160 Å². The Bertz CT molecular complexity index is 560. The fourth-order valence-electron chi connectivity index (χ4n) is 3.96. The molecule has 0 radical (unpaired) electrons. The van der Waals surface area contributed by atoms with Crippen LogP contribution >= 0.6 is 23.1 Å². The summed E-state index contributed by atoms with van der Waals surface area (Å²) in [7, 11) is 1.85. The first-order chi connectivity index (χ1) is 12.2. The molecule has 2 N–H and O–H groups in total. The van der Waals surface area contributed by atoms with Gasteiger partial charge in [0, 0.05) is 54.8 Å². The Morgan fingerprint density at radius 3 is 2.64 bits per heavy atom. The molecule has 2 fully saturated rings. The zero-order valence-corrected chi connectivity index (χ0v) is 17.1. The molecule has 0 unspecified atom stereocenters. The highest BCUT2D eigenvalue weighted by molar-refractivity contribution is 7.99. The van der Waals surface area contributed by atoms with Crippen molar-refractivity contribution in [2.45, 2.75) is 51.1 Å². The van der Waals surface area contributed by atoms with Crippen molar-refractivity contribution in [1.29, 1.82) is 0 Å². The average molecular weight is 382 g/mol. The lowest BCUT2D eigenvalue weighted by atomic mass is 9.80. The lowest BCUT2D eigenvalue weighted by molar-refractivity contribution is 0.0626. The number of aryl methyl sites for hydroxylation is 1. The maximum atomic E-state index is 4.42. The summed E-state index contributed by atoms with van der Waals surface area (Å²) in [6, 6.07) is 0. The van der Waals surface area contributed by atoms with Gasteiger partial charge in [0.05, 0.1) is 6.54 Å². The highest BCUT2D eigenvalue weighted by Gasteiger charge is 2.38. The number of hydrogen-bond donors (Lipinski definition) is 2. The monoisotopic (exact) mass is 381 g/mol. The molecule has 2 aliphatic rings. The van der Waals surface area contributed by atoms with Crippen LogP contribution in [0.15, 0.2) is 11.2 Å². The molecule has 1 aromatic heterocycles. The molecule has 5 nitrogen and oxygen atoms in total. The first kappa shape index (κ1) is 19.0. The predicted octanol–water partition coefficient (Wildman–Crippen LogP) is 2.87. The van der Waals surface area contributed by atoms with Gasteiger partial charge in [-0.2, -0.15) is 11.8 Å². The van der Waals surface area contributed by atoms with Crippen LogP contribution in [0, 0.1) is 6.92 Å². The maximum absolute atomic E-state index is 4.42. The third-order valence-electron chi connectivity index (χ3n) is 5.35. The first-order valence-corrected chi connectivity index (χ1v) is 11.4. The highest BCUT2D eigenvalue weighted by Crippen LogP contribution is 2.34. The van der Waals surface area contributed by atoms with Crippen LogP contribution in [0.3, 0.4) is 0 Å². The maximum Gasteiger partial charge on any atom is 0.191 e. The lowest BCUT2D eigenvalue weighted by Gasteiger charge is -2.48. The summed E-state index contributed by atoms with van der Waals surface area (Å²) in [5.74, 6) is 3.44. The van der Waals surface area contributed by atoms with Crippen LogP contribution in [0.25, 0.3) is 0 Å². The van der Waals surface area contributed by atoms with Gasteiger partial charge in [0.1, 0.15) is 5.01 Å². The molecule has 1 aliphatic heterocycles. The number of thioether (sulfide) groups is 1. The van der Waals surface area contributed by atoms with Crippen LogP contribution in [0.1, 0.15) is 42.0 Å². The second kappa shape index (κ2) is 9.24. The lowest BCUT2D eigenvalue weighted by Crippen LogP contribution is -2.59. The number of guanidine groups is 1. The van der Waals surface area contributed by atoms with Gasteiger partial charge in [0.2, 0.25) is 0 Å². The Balaban J connectivity index is 1.57. The smallest absolute Gasteiger partial charge is 0.191 e. The number of nitrogens with one attached hydrogen (secondary N) is 2. The second-order valence-electron chi connectivity index (χ2n) is 7.03. The van der Waals surface area contributed by atoms with Gasteiger partial charge < -0.3 is 10.6 Å². The van der Waals surface area contributed by atoms with Gasteiger partial charge in [-0.25, -0.2) is 4.98 Å². The molecular formula is C18H31N5S2. The summed E-state index contributed by atoms with van der Waals surface area (Å²) in [6.07, 6.45) is 8.66. The van der Waals surface area contributed by atoms with E-state index < -0.39 is 0 Å². The van der Waals surface area contributed by atoms with Crippen molar-refractivity contribution in [3.8, 4) is 0 Å². The molecule has 0 atom stereocenters. The second-order valence-corrected chi connectivity index (χ2v) is 9.57. The van der Waals surface area contributed by atoms with E-state index in [1.807, 2.05) is 13.2 Å². The van der Waals surface area contributed by atoms with E-state index in [1.54, 1.807) is 11.3 Å². The fourth-order valence-corrected chi connectivity index (χ4v) is 5.59. The van der Waals surface area contributed by atoms with Crippen LogP contribution in [0.4, 0.5) is 0 Å². The van der Waals surface area contributed by atoms with Crippen molar-refractivity contribution in [3.63, 3.8) is 0 Å². The molecule has 0 spiro atoms. The van der Waals surface area contributed by atoms with Gasteiger partial charge in [0.15, 0.2) is 5.96 Å². The standard InChI is InChI=1S/C18H31N5S2/c1-15-12-20-16(25-15)13-21-17(19-2)22-14-18(6-4-3-5-7-18)23-8-10-24-11-9-23/h12H,3-11,13-14H2,1-2H3,(H2,19,21,22). The molecule has 7 heteroatoms. The van der Waals surface area contributed by atoms with E-state index in [2.05, 4.69) is 44.2 Å². The molecular weight excluding hydrogens is 350 g/mol. The van der Waals surface area contributed by atoms with E-state index in [9.17, 15) is 0 Å². The summed E-state index contributed by atoms with van der Waals surface area (Å²) in [6.45, 7) is 6.30. The molecule has 0 amide bonds. The van der Waals surface area contributed by atoms with Crippen molar-refractivity contribution in [2.75, 3.05) is 38.2 Å². The molecule has 1 saturated heterocycles. The van der Waals surface area contributed by atoms with Gasteiger partial charge in [-0.3, -0.25) is 9.89 Å². The number of aliphatic imine (C=N–C) groups is 1. The third-order valence-corrected chi connectivity index (χ3v) is 7.21. The molecule has 1 aromatic rings. The number of nitrogens with zero attached hydrogens (tertiary/aromatic N) is 3. The van der Waals surface area contributed by atoms with Gasteiger partial charge in [-0.1, -0.05) is 19.3 Å². The molecule has 25 heavy (non-hydrogen) atoms. The van der Waals surface area contributed by atoms with Gasteiger partial charge >= 0.3 is 0 Å². The normalized spacial score (nSPS) is 21.9. The summed E-state index contributed by atoms with van der Waals surface area (Å²) >= 11 is 3.84. The van der Waals surface area contributed by atoms with Crippen molar-refractivity contribution in [3.05, 3.63) is 16.1 Å². The van der Waals surface area contributed by atoms with Crippen molar-refractivity contribution < 1.29 is 0 Å². The minimum absolute atomic E-state index is 0.314. The van der Waals surface area contributed by atoms with E-state index in [0.717, 1.165) is 24.1 Å². The first-order valence-electron chi connectivity index (χ1n) is 9.40. The topological polar surface area (TPSA) is 52.6 Å². The zero-order chi connectivity index (χ0) is 17.5. The van der Waals surface area contributed by atoms with E-state index in [-0.39, 0.29) is 0 Å². The summed E-state index contributed by atoms with van der Waals surface area (Å²) in [5.41, 5.74) is 0.314.